The second kappa shape index (κ2) is 8.62. The molecule has 0 unspecified atom stereocenters. The molecule has 0 N–H and O–H groups in total. The number of ether oxygens (including phenoxy) is 1. The lowest BCUT2D eigenvalue weighted by molar-refractivity contribution is 0.270. The Labute approximate surface area is 165 Å². The van der Waals surface area contributed by atoms with E-state index in [1.165, 1.54) is 0 Å². The second-order valence-electron chi connectivity index (χ2n) is 5.19. The quantitative estimate of drug-likeness (QED) is 0.402. The van der Waals surface area contributed by atoms with Crippen molar-refractivity contribution < 1.29 is 9.15 Å². The molecule has 6 nitrogen and oxygen atoms in total. The summed E-state index contributed by atoms with van der Waals surface area (Å²) < 4.78 is 13.0. The van der Waals surface area contributed by atoms with Crippen molar-refractivity contribution in [3.8, 4) is 5.75 Å². The van der Waals surface area contributed by atoms with Gasteiger partial charge in [-0.3, -0.25) is 0 Å². The molecule has 1 aromatic carbocycles. The van der Waals surface area contributed by atoms with Crippen molar-refractivity contribution in [3.63, 3.8) is 0 Å². The van der Waals surface area contributed by atoms with Crippen molar-refractivity contribution in [1.29, 1.82) is 0 Å². The summed E-state index contributed by atoms with van der Waals surface area (Å²) in [5.74, 6) is 3.35. The minimum Gasteiger partial charge on any atom is -0.484 e. The summed E-state index contributed by atoms with van der Waals surface area (Å²) in [6.07, 6.45) is 1.62. The maximum absolute atomic E-state index is 6.08. The normalized spacial score (nSPS) is 11.4. The third kappa shape index (κ3) is 4.60. The summed E-state index contributed by atoms with van der Waals surface area (Å²) in [4.78, 5) is 0. The number of aryl methyl sites for hydroxylation is 1. The molecule has 3 aromatic rings. The molecule has 0 radical (unpaired) electrons. The van der Waals surface area contributed by atoms with Gasteiger partial charge in [-0.1, -0.05) is 41.9 Å². The maximum atomic E-state index is 6.08. The minimum absolute atomic E-state index is 0.233. The molecule has 3 rings (SSSR count). The lowest BCUT2D eigenvalue weighted by Gasteiger charge is -2.06. The van der Waals surface area contributed by atoms with Crippen molar-refractivity contribution in [1.82, 2.24) is 14.9 Å². The fourth-order valence-electron chi connectivity index (χ4n) is 2.08. The van der Waals surface area contributed by atoms with Crippen LogP contribution in [0.5, 0.6) is 5.75 Å². The molecule has 0 bridgehead atoms. The predicted molar refractivity (Wildman–Crippen MR) is 104 cm³/mol. The van der Waals surface area contributed by atoms with Gasteiger partial charge in [0.15, 0.2) is 5.82 Å². The number of hydrogen-bond acceptors (Lipinski definition) is 6. The third-order valence-electron chi connectivity index (χ3n) is 3.29. The van der Waals surface area contributed by atoms with Gasteiger partial charge in [0.2, 0.25) is 5.16 Å². The zero-order valence-electron chi connectivity index (χ0n) is 14.1. The van der Waals surface area contributed by atoms with E-state index < -0.39 is 0 Å². The first-order chi connectivity index (χ1) is 12.6. The van der Waals surface area contributed by atoms with E-state index in [9.17, 15) is 0 Å². The first kappa shape index (κ1) is 18.8. The van der Waals surface area contributed by atoms with Gasteiger partial charge in [-0.15, -0.1) is 10.2 Å². The lowest BCUT2D eigenvalue weighted by atomic mass is 10.3. The number of hydrogen-bond donors (Lipinski definition) is 0. The number of rotatable bonds is 7. The molecule has 0 fully saturated rings. The van der Waals surface area contributed by atoms with Crippen molar-refractivity contribution in [3.05, 3.63) is 57.7 Å². The minimum atomic E-state index is 0.233. The standard InChI is InChI=1S/C17H16Cl2N4O2S/c1-3-26-17-22-21-11(2)23(17)20-9-13-5-6-14(25-13)10-24-16-8-12(18)4-7-15(16)19/h4-9H,3,10H2,1-2H3/b20-9-. The molecule has 0 aliphatic carbocycles. The Morgan fingerprint density at radius 2 is 2.12 bits per heavy atom. The van der Waals surface area contributed by atoms with E-state index >= 15 is 0 Å². The number of benzene rings is 1. The molecular weight excluding hydrogens is 395 g/mol. The van der Waals surface area contributed by atoms with Crippen molar-refractivity contribution in [2.45, 2.75) is 25.6 Å². The monoisotopic (exact) mass is 410 g/mol. The van der Waals surface area contributed by atoms with Gasteiger partial charge in [0.05, 0.1) is 11.2 Å². The molecule has 2 aromatic heterocycles. The Morgan fingerprint density at radius 3 is 2.92 bits per heavy atom. The Morgan fingerprint density at radius 1 is 1.27 bits per heavy atom. The second-order valence-corrected chi connectivity index (χ2v) is 7.26. The van der Waals surface area contributed by atoms with Crippen molar-refractivity contribution in [2.24, 2.45) is 5.10 Å². The van der Waals surface area contributed by atoms with Crippen LogP contribution in [-0.4, -0.2) is 26.8 Å². The van der Waals surface area contributed by atoms with Gasteiger partial charge in [0.1, 0.15) is 23.9 Å². The average molecular weight is 411 g/mol. The van der Waals surface area contributed by atoms with Crippen LogP contribution in [0.4, 0.5) is 0 Å². The van der Waals surface area contributed by atoms with Crippen LogP contribution < -0.4 is 4.74 Å². The molecular formula is C17H16Cl2N4O2S. The van der Waals surface area contributed by atoms with Gasteiger partial charge in [0, 0.05) is 11.1 Å². The van der Waals surface area contributed by atoms with E-state index in [0.717, 1.165) is 10.9 Å². The van der Waals surface area contributed by atoms with E-state index in [2.05, 4.69) is 15.3 Å². The highest BCUT2D eigenvalue weighted by Gasteiger charge is 2.08. The van der Waals surface area contributed by atoms with Crippen LogP contribution in [0, 0.1) is 6.92 Å². The zero-order chi connectivity index (χ0) is 18.5. The van der Waals surface area contributed by atoms with Gasteiger partial charge in [-0.2, -0.15) is 9.78 Å². The number of thioether (sulfide) groups is 1. The van der Waals surface area contributed by atoms with Crippen LogP contribution in [0.15, 0.2) is 45.0 Å². The predicted octanol–water partition coefficient (Wildman–Crippen LogP) is 5.06. The van der Waals surface area contributed by atoms with Crippen LogP contribution >= 0.6 is 35.0 Å². The summed E-state index contributed by atoms with van der Waals surface area (Å²) in [5.41, 5.74) is 0. The Kier molecular flexibility index (Phi) is 6.24. The van der Waals surface area contributed by atoms with Crippen LogP contribution in [0.3, 0.4) is 0 Å². The van der Waals surface area contributed by atoms with Gasteiger partial charge < -0.3 is 9.15 Å². The molecule has 0 atom stereocenters. The van der Waals surface area contributed by atoms with Gasteiger partial charge in [-0.05, 0) is 36.9 Å². The largest absolute Gasteiger partial charge is 0.484 e. The SMILES string of the molecule is CCSc1nnc(C)n1/N=C\c1ccc(COc2cc(Cl)ccc2Cl)o1. The van der Waals surface area contributed by atoms with E-state index in [4.69, 9.17) is 32.4 Å². The van der Waals surface area contributed by atoms with Crippen LogP contribution in [0.1, 0.15) is 24.3 Å². The summed E-state index contributed by atoms with van der Waals surface area (Å²) in [6, 6.07) is 8.69. The fraction of sp³-hybridized carbons (Fsp3) is 0.235. The molecule has 9 heteroatoms. The molecule has 2 heterocycles. The lowest BCUT2D eigenvalue weighted by Crippen LogP contribution is -1.96. The Bertz CT molecular complexity index is 923. The topological polar surface area (TPSA) is 65.4 Å². The number of furan rings is 1. The van der Waals surface area contributed by atoms with E-state index in [0.29, 0.717) is 33.1 Å². The molecule has 0 saturated heterocycles. The van der Waals surface area contributed by atoms with Crippen LogP contribution in [0.2, 0.25) is 10.0 Å². The summed E-state index contributed by atoms with van der Waals surface area (Å²) in [6.45, 7) is 4.13. The van der Waals surface area contributed by atoms with Gasteiger partial charge >= 0.3 is 0 Å². The number of nitrogens with zero attached hydrogens (tertiary/aromatic N) is 4. The molecule has 0 saturated carbocycles. The molecule has 26 heavy (non-hydrogen) atoms. The molecule has 0 aliphatic rings. The van der Waals surface area contributed by atoms with Gasteiger partial charge in [-0.25, -0.2) is 0 Å². The Hall–Kier alpha value is -1.96. The molecule has 136 valence electrons. The van der Waals surface area contributed by atoms with E-state index in [1.54, 1.807) is 40.9 Å². The molecule has 0 aliphatic heterocycles. The highest BCUT2D eigenvalue weighted by Crippen LogP contribution is 2.28. The smallest absolute Gasteiger partial charge is 0.212 e. The zero-order valence-corrected chi connectivity index (χ0v) is 16.5. The maximum Gasteiger partial charge on any atom is 0.212 e. The van der Waals surface area contributed by atoms with Crippen molar-refractivity contribution >= 4 is 41.2 Å². The van der Waals surface area contributed by atoms with Crippen LogP contribution in [-0.2, 0) is 6.61 Å². The summed E-state index contributed by atoms with van der Waals surface area (Å²) >= 11 is 13.6. The number of aromatic nitrogens is 3. The molecule has 0 spiro atoms. The summed E-state index contributed by atoms with van der Waals surface area (Å²) in [7, 11) is 0. The molecule has 0 amide bonds. The van der Waals surface area contributed by atoms with Gasteiger partial charge in [0.25, 0.3) is 0 Å². The van der Waals surface area contributed by atoms with E-state index in [-0.39, 0.29) is 6.61 Å². The Balaban J connectivity index is 1.66. The van der Waals surface area contributed by atoms with Crippen molar-refractivity contribution in [2.75, 3.05) is 5.75 Å². The number of halogens is 2. The highest BCUT2D eigenvalue weighted by atomic mass is 35.5. The van der Waals surface area contributed by atoms with Crippen LogP contribution in [0.25, 0.3) is 0 Å². The average Bonchev–Trinajstić information content (AvgIpc) is 3.21. The first-order valence-electron chi connectivity index (χ1n) is 7.82. The summed E-state index contributed by atoms with van der Waals surface area (Å²) in [5, 5.41) is 14.3. The fourth-order valence-corrected chi connectivity index (χ4v) is 3.08. The van der Waals surface area contributed by atoms with E-state index in [1.807, 2.05) is 26.0 Å². The highest BCUT2D eigenvalue weighted by molar-refractivity contribution is 7.99. The third-order valence-corrected chi connectivity index (χ3v) is 4.64. The first-order valence-corrected chi connectivity index (χ1v) is 9.56.